The molecule has 0 heterocycles. The molecule has 7 heteroatoms. The lowest BCUT2D eigenvalue weighted by molar-refractivity contribution is -0.122. The van der Waals surface area contributed by atoms with Gasteiger partial charge in [-0.3, -0.25) is 9.59 Å². The quantitative estimate of drug-likeness (QED) is 0.662. The Labute approximate surface area is 157 Å². The lowest BCUT2D eigenvalue weighted by Gasteiger charge is -2.23. The van der Waals surface area contributed by atoms with Crippen molar-refractivity contribution in [3.05, 3.63) is 59.9 Å². The number of carbonyl (C=O) groups is 2. The average Bonchev–Trinajstić information content (AvgIpc) is 2.62. The molecule has 2 amide bonds. The van der Waals surface area contributed by atoms with Crippen molar-refractivity contribution in [1.29, 1.82) is 0 Å². The van der Waals surface area contributed by atoms with E-state index in [0.29, 0.717) is 5.69 Å². The van der Waals surface area contributed by atoms with Gasteiger partial charge in [0.15, 0.2) is 18.2 Å². The molecule has 0 aliphatic heterocycles. The van der Waals surface area contributed by atoms with Crippen LogP contribution in [0.1, 0.15) is 19.4 Å². The number of aliphatic hydroxyl groups is 1. The van der Waals surface area contributed by atoms with Crippen LogP contribution in [0.25, 0.3) is 0 Å². The number of rotatable bonds is 8. The Morgan fingerprint density at radius 3 is 2.37 bits per heavy atom. The second-order valence-corrected chi connectivity index (χ2v) is 6.73. The molecule has 2 aromatic rings. The van der Waals surface area contributed by atoms with Crippen molar-refractivity contribution in [3.8, 4) is 5.75 Å². The third-order valence-electron chi connectivity index (χ3n) is 3.67. The monoisotopic (exact) mass is 374 g/mol. The first-order valence-electron chi connectivity index (χ1n) is 8.47. The average molecular weight is 374 g/mol. The summed E-state index contributed by atoms with van der Waals surface area (Å²) in [7, 11) is 0. The van der Waals surface area contributed by atoms with Crippen LogP contribution < -0.4 is 15.4 Å². The van der Waals surface area contributed by atoms with E-state index in [0.717, 1.165) is 5.56 Å². The Bertz CT molecular complexity index is 791. The molecule has 2 aromatic carbocycles. The first-order valence-corrected chi connectivity index (χ1v) is 8.47. The van der Waals surface area contributed by atoms with E-state index in [4.69, 9.17) is 4.74 Å². The summed E-state index contributed by atoms with van der Waals surface area (Å²) in [6.45, 7) is 2.99. The molecular weight excluding hydrogens is 351 g/mol. The summed E-state index contributed by atoms with van der Waals surface area (Å²) in [5.41, 5.74) is 0.627. The molecular formula is C20H23FN2O4. The molecule has 0 aliphatic carbocycles. The molecule has 0 unspecified atom stereocenters. The molecule has 0 atom stereocenters. The molecule has 0 saturated carbocycles. The van der Waals surface area contributed by atoms with Gasteiger partial charge in [-0.1, -0.05) is 24.3 Å². The van der Waals surface area contributed by atoms with Gasteiger partial charge in [0.05, 0.1) is 18.6 Å². The van der Waals surface area contributed by atoms with Crippen molar-refractivity contribution in [2.24, 2.45) is 0 Å². The minimum Gasteiger partial charge on any atom is -0.481 e. The van der Waals surface area contributed by atoms with Gasteiger partial charge in [-0.05, 0) is 43.7 Å². The van der Waals surface area contributed by atoms with Crippen LogP contribution >= 0.6 is 0 Å². The molecule has 3 N–H and O–H groups in total. The summed E-state index contributed by atoms with van der Waals surface area (Å²) in [6.07, 6.45) is 0.161. The number of nitrogens with one attached hydrogen (secondary N) is 2. The van der Waals surface area contributed by atoms with E-state index in [1.54, 1.807) is 44.2 Å². The number of aliphatic hydroxyl groups excluding tert-OH is 1. The van der Waals surface area contributed by atoms with Crippen LogP contribution in [0.15, 0.2) is 48.5 Å². The van der Waals surface area contributed by atoms with E-state index in [1.807, 2.05) is 0 Å². The number of halogens is 1. The second-order valence-electron chi connectivity index (χ2n) is 6.73. The Balaban J connectivity index is 1.83. The minimum atomic E-state index is -0.677. The number of benzene rings is 2. The van der Waals surface area contributed by atoms with Crippen LogP contribution in [0.4, 0.5) is 10.1 Å². The van der Waals surface area contributed by atoms with E-state index < -0.39 is 17.3 Å². The van der Waals surface area contributed by atoms with E-state index in [2.05, 4.69) is 10.6 Å². The molecule has 0 bridgehead atoms. The predicted octanol–water partition coefficient (Wildman–Crippen LogP) is 2.27. The number of para-hydroxylation sites is 1. The van der Waals surface area contributed by atoms with Crippen LogP contribution in [-0.2, 0) is 16.0 Å². The first kappa shape index (κ1) is 20.4. The summed E-state index contributed by atoms with van der Waals surface area (Å²) >= 11 is 0. The molecule has 0 radical (unpaired) electrons. The van der Waals surface area contributed by atoms with Crippen LogP contribution in [0.2, 0.25) is 0 Å². The third-order valence-corrected chi connectivity index (χ3v) is 3.67. The first-order chi connectivity index (χ1) is 12.8. The highest BCUT2D eigenvalue weighted by atomic mass is 19.1. The predicted molar refractivity (Wildman–Crippen MR) is 100.0 cm³/mol. The van der Waals surface area contributed by atoms with Crippen molar-refractivity contribution < 1.29 is 23.8 Å². The number of hydrogen-bond acceptors (Lipinski definition) is 4. The number of hydrogen-bond donors (Lipinski definition) is 3. The third kappa shape index (κ3) is 6.71. The highest BCUT2D eigenvalue weighted by molar-refractivity contribution is 5.92. The molecule has 0 fully saturated rings. The Kier molecular flexibility index (Phi) is 6.90. The lowest BCUT2D eigenvalue weighted by Crippen LogP contribution is -2.46. The second kappa shape index (κ2) is 9.14. The molecule has 0 aromatic heterocycles. The van der Waals surface area contributed by atoms with Gasteiger partial charge in [0.25, 0.3) is 5.91 Å². The summed E-state index contributed by atoms with van der Waals surface area (Å²) in [5.74, 6) is -1.14. The van der Waals surface area contributed by atoms with Gasteiger partial charge in [0, 0.05) is 5.69 Å². The van der Waals surface area contributed by atoms with Gasteiger partial charge < -0.3 is 20.5 Å². The van der Waals surface area contributed by atoms with Crippen molar-refractivity contribution >= 4 is 17.5 Å². The molecule has 6 nitrogen and oxygen atoms in total. The zero-order chi connectivity index (χ0) is 19.9. The topological polar surface area (TPSA) is 87.7 Å². The highest BCUT2D eigenvalue weighted by Gasteiger charge is 2.19. The van der Waals surface area contributed by atoms with Gasteiger partial charge in [0.2, 0.25) is 5.91 Å². The van der Waals surface area contributed by atoms with Crippen molar-refractivity contribution in [1.82, 2.24) is 5.32 Å². The maximum Gasteiger partial charge on any atom is 0.262 e. The summed E-state index contributed by atoms with van der Waals surface area (Å²) in [6, 6.07) is 12.6. The molecule has 0 saturated heterocycles. The largest absolute Gasteiger partial charge is 0.481 e. The summed E-state index contributed by atoms with van der Waals surface area (Å²) in [4.78, 5) is 23.9. The smallest absolute Gasteiger partial charge is 0.262 e. The van der Waals surface area contributed by atoms with Crippen molar-refractivity contribution in [3.63, 3.8) is 0 Å². The molecule has 0 aliphatic rings. The van der Waals surface area contributed by atoms with Crippen LogP contribution in [0.5, 0.6) is 5.75 Å². The Hall–Kier alpha value is -2.93. The molecule has 0 spiro atoms. The minimum absolute atomic E-state index is 0.0137. The molecule has 144 valence electrons. The number of amides is 2. The lowest BCUT2D eigenvalue weighted by atomic mass is 10.1. The number of anilines is 1. The highest BCUT2D eigenvalue weighted by Crippen LogP contribution is 2.15. The van der Waals surface area contributed by atoms with Gasteiger partial charge in [-0.25, -0.2) is 4.39 Å². The number of ether oxygens (including phenoxy) is 1. The SMILES string of the molecule is CC(C)(CO)NC(=O)Cc1ccc(NC(=O)COc2ccccc2F)cc1. The maximum absolute atomic E-state index is 13.4. The van der Waals surface area contributed by atoms with Crippen LogP contribution in [0, 0.1) is 5.82 Å². The normalized spacial score (nSPS) is 11.0. The zero-order valence-electron chi connectivity index (χ0n) is 15.3. The van der Waals surface area contributed by atoms with Crippen molar-refractivity contribution in [2.75, 3.05) is 18.5 Å². The van der Waals surface area contributed by atoms with E-state index in [1.165, 1.54) is 18.2 Å². The number of carbonyl (C=O) groups excluding carboxylic acids is 2. The van der Waals surface area contributed by atoms with E-state index in [9.17, 15) is 19.1 Å². The van der Waals surface area contributed by atoms with Gasteiger partial charge in [0.1, 0.15) is 0 Å². The summed E-state index contributed by atoms with van der Waals surface area (Å²) in [5, 5.41) is 14.5. The van der Waals surface area contributed by atoms with Gasteiger partial charge in [-0.2, -0.15) is 0 Å². The Morgan fingerprint density at radius 2 is 1.74 bits per heavy atom. The Morgan fingerprint density at radius 1 is 1.07 bits per heavy atom. The fourth-order valence-electron chi connectivity index (χ4n) is 2.25. The standard InChI is InChI=1S/C20H23FN2O4/c1-20(2,13-24)23-18(25)11-14-7-9-15(10-8-14)22-19(26)12-27-17-6-4-3-5-16(17)21/h3-10,24H,11-13H2,1-2H3,(H,22,26)(H,23,25). The van der Waals surface area contributed by atoms with E-state index in [-0.39, 0.29) is 31.3 Å². The van der Waals surface area contributed by atoms with E-state index >= 15 is 0 Å². The van der Waals surface area contributed by atoms with Crippen molar-refractivity contribution in [2.45, 2.75) is 25.8 Å². The van der Waals surface area contributed by atoms with Crippen LogP contribution in [0.3, 0.4) is 0 Å². The van der Waals surface area contributed by atoms with Gasteiger partial charge in [-0.15, -0.1) is 0 Å². The van der Waals surface area contributed by atoms with Crippen LogP contribution in [-0.4, -0.2) is 35.7 Å². The molecule has 27 heavy (non-hydrogen) atoms. The van der Waals surface area contributed by atoms with Gasteiger partial charge >= 0.3 is 0 Å². The zero-order valence-corrected chi connectivity index (χ0v) is 15.3. The molecule has 2 rings (SSSR count). The fourth-order valence-corrected chi connectivity index (χ4v) is 2.25. The maximum atomic E-state index is 13.4. The summed E-state index contributed by atoms with van der Waals surface area (Å²) < 4.78 is 18.6. The fraction of sp³-hybridized carbons (Fsp3) is 0.300.